The second-order valence-electron chi connectivity index (χ2n) is 8.75. The molecule has 0 radical (unpaired) electrons. The Bertz CT molecular complexity index is 1260. The highest BCUT2D eigenvalue weighted by Gasteiger charge is 2.36. The van der Waals surface area contributed by atoms with Gasteiger partial charge in [-0.3, -0.25) is 9.36 Å². The molecule has 3 atom stereocenters. The van der Waals surface area contributed by atoms with Gasteiger partial charge in [0.15, 0.2) is 11.5 Å². The molecule has 0 saturated carbocycles. The van der Waals surface area contributed by atoms with Crippen molar-refractivity contribution in [2.24, 2.45) is 11.4 Å². The third-order valence-corrected chi connectivity index (χ3v) is 6.42. The monoisotopic (exact) mass is 501 g/mol. The van der Waals surface area contributed by atoms with Crippen LogP contribution in [0.2, 0.25) is 0 Å². The first-order valence-corrected chi connectivity index (χ1v) is 12.6. The van der Waals surface area contributed by atoms with Gasteiger partial charge in [0.05, 0.1) is 25.6 Å². The molecule has 0 aliphatic heterocycles. The molecule has 1 unspecified atom stereocenters. The van der Waals surface area contributed by atoms with E-state index in [1.54, 1.807) is 6.33 Å². The smallest absolute Gasteiger partial charge is 0.382 e. The number of nitrogens with zero attached hydrogens (tertiary/aromatic N) is 4. The number of hydroxylamine groups is 1. The predicted molar refractivity (Wildman–Crippen MR) is 128 cm³/mol. The molecule has 186 valence electrons. The van der Waals surface area contributed by atoms with E-state index in [2.05, 4.69) is 20.4 Å². The summed E-state index contributed by atoms with van der Waals surface area (Å²) in [5, 5.41) is 0. The van der Waals surface area contributed by atoms with Gasteiger partial charge < -0.3 is 14.8 Å². The minimum absolute atomic E-state index is 0.0101. The van der Waals surface area contributed by atoms with Crippen LogP contribution in [0, 0.1) is 5.92 Å². The number of aromatic nitrogens is 4. The largest absolute Gasteiger partial charge is 0.458 e. The Balaban J connectivity index is 1.26. The summed E-state index contributed by atoms with van der Waals surface area (Å²) in [6, 6.07) is 9.37. The number of hydrogen-bond acceptors (Lipinski definition) is 10. The lowest BCUT2D eigenvalue weighted by atomic mass is 10.1. The van der Waals surface area contributed by atoms with Gasteiger partial charge in [-0.05, 0) is 25.8 Å². The van der Waals surface area contributed by atoms with Gasteiger partial charge in [-0.25, -0.2) is 29.8 Å². The van der Waals surface area contributed by atoms with Crippen molar-refractivity contribution in [2.75, 3.05) is 12.3 Å². The minimum Gasteiger partial charge on any atom is -0.382 e. The molecular formula is C22H28N7O5P. The summed E-state index contributed by atoms with van der Waals surface area (Å²) < 4.78 is 24.8. The van der Waals surface area contributed by atoms with Crippen LogP contribution in [0.15, 0.2) is 55.1 Å². The average Bonchev–Trinajstić information content (AvgIpc) is 3.46. The van der Waals surface area contributed by atoms with Crippen molar-refractivity contribution in [3.05, 3.63) is 60.7 Å². The Labute approximate surface area is 202 Å². The van der Waals surface area contributed by atoms with Gasteiger partial charge in [0.2, 0.25) is 0 Å². The normalized spacial score (nSPS) is 19.6. The first-order chi connectivity index (χ1) is 16.6. The third-order valence-electron chi connectivity index (χ3n) is 5.49. The van der Waals surface area contributed by atoms with Crippen molar-refractivity contribution >= 4 is 30.7 Å². The van der Waals surface area contributed by atoms with E-state index in [0.717, 1.165) is 5.56 Å². The van der Waals surface area contributed by atoms with Crippen LogP contribution in [0.3, 0.4) is 0 Å². The van der Waals surface area contributed by atoms with Crippen molar-refractivity contribution < 1.29 is 23.2 Å². The van der Waals surface area contributed by atoms with E-state index in [0.29, 0.717) is 23.4 Å². The molecule has 0 spiro atoms. The molecule has 0 fully saturated rings. The number of carbonyl (C=O) groups excluding carboxylic acids is 1. The van der Waals surface area contributed by atoms with E-state index in [1.807, 2.05) is 47.1 Å². The molecule has 1 aliphatic carbocycles. The summed E-state index contributed by atoms with van der Waals surface area (Å²) in [4.78, 5) is 30.4. The fraction of sp³-hybridized carbons (Fsp3) is 0.364. The molecular weight excluding hydrogens is 473 g/mol. The van der Waals surface area contributed by atoms with Crippen molar-refractivity contribution in [1.82, 2.24) is 25.0 Å². The molecule has 3 aromatic rings. The van der Waals surface area contributed by atoms with Crippen LogP contribution >= 0.6 is 7.75 Å². The SMILES string of the molecule is CC(C)(NOCc1ccccc1)C(=O)OP(N)(=O)OC[C@H]1C=C[C@@H](n2cnc3c(N)ncnc32)C1. The van der Waals surface area contributed by atoms with Gasteiger partial charge in [0, 0.05) is 5.92 Å². The number of rotatable bonds is 10. The summed E-state index contributed by atoms with van der Waals surface area (Å²) in [6.07, 6.45) is 7.56. The lowest BCUT2D eigenvalue weighted by Crippen LogP contribution is -2.47. The Morgan fingerprint density at radius 1 is 1.23 bits per heavy atom. The number of hydrogen-bond donors (Lipinski definition) is 3. The Morgan fingerprint density at radius 2 is 2.00 bits per heavy atom. The molecule has 0 amide bonds. The molecule has 35 heavy (non-hydrogen) atoms. The zero-order chi connectivity index (χ0) is 25.1. The zero-order valence-corrected chi connectivity index (χ0v) is 20.3. The van der Waals surface area contributed by atoms with E-state index < -0.39 is 19.3 Å². The minimum atomic E-state index is -4.15. The molecule has 0 bridgehead atoms. The van der Waals surface area contributed by atoms with Crippen molar-refractivity contribution in [3.63, 3.8) is 0 Å². The topological polar surface area (TPSA) is 170 Å². The molecule has 4 rings (SSSR count). The van der Waals surface area contributed by atoms with Gasteiger partial charge in [-0.1, -0.05) is 42.5 Å². The standard InChI is InChI=1S/C22H28N7O5P/c1-22(2,28-32-11-15-6-4-3-5-7-15)21(30)34-35(24,31)33-12-16-8-9-17(10-16)29-14-27-18-19(23)25-13-26-20(18)29/h3-9,13-14,16-17,28H,10-12H2,1-2H3,(H2,24,31)(H2,23,25,26)/t16-,17+,35?/m0/s1. The van der Waals surface area contributed by atoms with Crippen LogP contribution in [0.5, 0.6) is 0 Å². The third kappa shape index (κ3) is 6.11. The van der Waals surface area contributed by atoms with Crippen LogP contribution in [-0.2, 0) is 29.9 Å². The Morgan fingerprint density at radius 3 is 2.77 bits per heavy atom. The summed E-state index contributed by atoms with van der Waals surface area (Å²) in [7, 11) is -4.15. The predicted octanol–water partition coefficient (Wildman–Crippen LogP) is 2.65. The van der Waals surface area contributed by atoms with Gasteiger partial charge in [0.1, 0.15) is 17.4 Å². The number of allylic oxidation sites excluding steroid dienone is 1. The van der Waals surface area contributed by atoms with Crippen molar-refractivity contribution in [1.29, 1.82) is 0 Å². The van der Waals surface area contributed by atoms with Crippen LogP contribution < -0.4 is 16.7 Å². The summed E-state index contributed by atoms with van der Waals surface area (Å²) in [6.45, 7) is 3.29. The molecule has 13 heteroatoms. The molecule has 1 aromatic carbocycles. The fourth-order valence-electron chi connectivity index (χ4n) is 3.57. The lowest BCUT2D eigenvalue weighted by molar-refractivity contribution is -0.149. The summed E-state index contributed by atoms with van der Waals surface area (Å²) in [5.74, 6) is -0.657. The highest BCUT2D eigenvalue weighted by atomic mass is 31.2. The molecule has 12 nitrogen and oxygen atoms in total. The van der Waals surface area contributed by atoms with Crippen molar-refractivity contribution in [3.8, 4) is 0 Å². The second-order valence-corrected chi connectivity index (χ2v) is 10.3. The van der Waals surface area contributed by atoms with Gasteiger partial charge in [-0.2, -0.15) is 5.48 Å². The highest BCUT2D eigenvalue weighted by molar-refractivity contribution is 7.51. The van der Waals surface area contributed by atoms with Gasteiger partial charge in [0.25, 0.3) is 0 Å². The van der Waals surface area contributed by atoms with Gasteiger partial charge >= 0.3 is 13.7 Å². The van der Waals surface area contributed by atoms with Crippen molar-refractivity contribution in [2.45, 2.75) is 38.5 Å². The van der Waals surface area contributed by atoms with E-state index >= 15 is 0 Å². The first kappa shape index (κ1) is 25.0. The number of benzene rings is 1. The molecule has 5 N–H and O–H groups in total. The first-order valence-electron chi connectivity index (χ1n) is 11.0. The highest BCUT2D eigenvalue weighted by Crippen LogP contribution is 2.42. The maximum atomic E-state index is 12.6. The number of nitrogen functional groups attached to an aromatic ring is 1. The van der Waals surface area contributed by atoms with Crippen LogP contribution in [-0.4, -0.2) is 37.6 Å². The molecule has 1 aliphatic rings. The Kier molecular flexibility index (Phi) is 7.29. The summed E-state index contributed by atoms with van der Waals surface area (Å²) in [5.41, 5.74) is 14.9. The number of imidazole rings is 1. The Hall–Kier alpha value is -3.15. The van der Waals surface area contributed by atoms with E-state index in [-0.39, 0.29) is 25.2 Å². The molecule has 2 aromatic heterocycles. The zero-order valence-electron chi connectivity index (χ0n) is 19.4. The van der Waals surface area contributed by atoms with E-state index in [9.17, 15) is 9.36 Å². The second kappa shape index (κ2) is 10.2. The number of nitrogens with one attached hydrogen (secondary N) is 1. The maximum Gasteiger partial charge on any atom is 0.458 e. The average molecular weight is 501 g/mol. The van der Waals surface area contributed by atoms with Crippen LogP contribution in [0.1, 0.15) is 31.9 Å². The number of fused-ring (bicyclic) bond motifs is 1. The van der Waals surface area contributed by atoms with E-state index in [1.165, 1.54) is 20.2 Å². The van der Waals surface area contributed by atoms with Gasteiger partial charge in [-0.15, -0.1) is 0 Å². The number of carbonyl (C=O) groups is 1. The fourth-order valence-corrected chi connectivity index (χ4v) is 4.48. The lowest BCUT2D eigenvalue weighted by Gasteiger charge is -2.25. The molecule has 0 saturated heterocycles. The summed E-state index contributed by atoms with van der Waals surface area (Å²) >= 11 is 0. The van der Waals surface area contributed by atoms with E-state index in [4.69, 9.17) is 25.1 Å². The number of nitrogens with two attached hydrogens (primary N) is 2. The van der Waals surface area contributed by atoms with Crippen LogP contribution in [0.25, 0.3) is 11.2 Å². The molecule has 2 heterocycles. The van der Waals surface area contributed by atoms with Crippen LogP contribution in [0.4, 0.5) is 5.82 Å². The number of anilines is 1. The quantitative estimate of drug-likeness (QED) is 0.212. The maximum absolute atomic E-state index is 12.6.